The molecule has 1 saturated carbocycles. The second-order valence-electron chi connectivity index (χ2n) is 11.0. The molecule has 2 aromatic carbocycles. The van der Waals surface area contributed by atoms with Gasteiger partial charge in [-0.1, -0.05) is 12.1 Å². The van der Waals surface area contributed by atoms with Gasteiger partial charge in [0.25, 0.3) is 5.91 Å². The van der Waals surface area contributed by atoms with Gasteiger partial charge in [-0.05, 0) is 80.6 Å². The van der Waals surface area contributed by atoms with Crippen molar-refractivity contribution in [2.45, 2.75) is 62.2 Å². The Balaban J connectivity index is 1.05. The first-order valence-electron chi connectivity index (χ1n) is 14.0. The summed E-state index contributed by atoms with van der Waals surface area (Å²) in [5, 5.41) is 12.0. The second-order valence-corrected chi connectivity index (χ2v) is 11.0. The maximum absolute atomic E-state index is 13.6. The molecule has 10 heteroatoms. The summed E-state index contributed by atoms with van der Waals surface area (Å²) in [6, 6.07) is 14.5. The number of halogens is 1. The number of likely N-dealkylation sites (tertiary alicyclic amines) is 1. The third-order valence-electron chi connectivity index (χ3n) is 8.20. The SMILES string of the molecule is O=C(N[C@@H](CCCN[C@@H]1C[C@H]1c1ccc(F)cc1)C(=O)N1CC2CCC(C1)N2)c1ccc(N2C=CNN2)cc1. The summed E-state index contributed by atoms with van der Waals surface area (Å²) < 4.78 is 13.2. The molecule has 2 unspecified atom stereocenters. The van der Waals surface area contributed by atoms with Gasteiger partial charge < -0.3 is 26.3 Å². The van der Waals surface area contributed by atoms with E-state index >= 15 is 0 Å². The largest absolute Gasteiger partial charge is 0.340 e. The summed E-state index contributed by atoms with van der Waals surface area (Å²) in [5.74, 6) is -0.0451. The molecule has 206 valence electrons. The van der Waals surface area contributed by atoms with E-state index in [1.807, 2.05) is 35.4 Å². The molecular formula is C29H36FN7O2. The minimum absolute atomic E-state index is 0.00598. The zero-order valence-electron chi connectivity index (χ0n) is 21.9. The standard InChI is InChI=1S/C29H36FN7O2/c30-21-7-3-19(4-8-21)25-16-27(25)31-13-1-2-26(29(39)36-17-22-9-10-23(18-36)33-22)34-28(38)20-5-11-24(12-6-20)37-15-14-32-35-37/h3-8,11-12,14-15,22-23,25-27,31-33,35H,1-2,9-10,13,16-18H2,(H,34,38)/t22?,23?,25-,26-,27+/m0/s1. The predicted molar refractivity (Wildman–Crippen MR) is 147 cm³/mol. The van der Waals surface area contributed by atoms with E-state index in [4.69, 9.17) is 0 Å². The first-order valence-corrected chi connectivity index (χ1v) is 14.0. The van der Waals surface area contributed by atoms with Crippen molar-refractivity contribution in [2.24, 2.45) is 0 Å². The molecule has 3 aliphatic heterocycles. The molecular weight excluding hydrogens is 497 g/mol. The van der Waals surface area contributed by atoms with Crippen LogP contribution in [0.25, 0.3) is 0 Å². The van der Waals surface area contributed by atoms with Crippen LogP contribution in [-0.4, -0.2) is 60.5 Å². The van der Waals surface area contributed by atoms with Crippen LogP contribution in [0.3, 0.4) is 0 Å². The van der Waals surface area contributed by atoms with Gasteiger partial charge in [0.2, 0.25) is 5.91 Å². The lowest BCUT2D eigenvalue weighted by Gasteiger charge is -2.35. The van der Waals surface area contributed by atoms with Crippen LogP contribution >= 0.6 is 0 Å². The lowest BCUT2D eigenvalue weighted by molar-refractivity contribution is -0.134. The van der Waals surface area contributed by atoms with E-state index in [1.54, 1.807) is 23.3 Å². The van der Waals surface area contributed by atoms with Crippen LogP contribution in [-0.2, 0) is 4.79 Å². The molecule has 2 aromatic rings. The van der Waals surface area contributed by atoms with Crippen molar-refractivity contribution in [3.63, 3.8) is 0 Å². The fourth-order valence-corrected chi connectivity index (χ4v) is 5.97. The van der Waals surface area contributed by atoms with Gasteiger partial charge in [0.1, 0.15) is 11.9 Å². The Bertz CT molecular complexity index is 1190. The fraction of sp³-hybridized carbons (Fsp3) is 0.448. The van der Waals surface area contributed by atoms with Gasteiger partial charge in [-0.15, -0.1) is 5.53 Å². The number of fused-ring (bicyclic) bond motifs is 2. The van der Waals surface area contributed by atoms with Gasteiger partial charge in [0.15, 0.2) is 0 Å². The summed E-state index contributed by atoms with van der Waals surface area (Å²) in [6.07, 6.45) is 8.17. The lowest BCUT2D eigenvalue weighted by atomic mass is 10.1. The molecule has 0 spiro atoms. The molecule has 2 bridgehead atoms. The van der Waals surface area contributed by atoms with Crippen LogP contribution < -0.4 is 31.9 Å². The third-order valence-corrected chi connectivity index (χ3v) is 8.20. The Labute approximate surface area is 228 Å². The summed E-state index contributed by atoms with van der Waals surface area (Å²) in [4.78, 5) is 28.8. The first-order chi connectivity index (χ1) is 19.0. The van der Waals surface area contributed by atoms with E-state index in [9.17, 15) is 14.0 Å². The van der Waals surface area contributed by atoms with Crippen LogP contribution in [0.4, 0.5) is 10.1 Å². The Morgan fingerprint density at radius 2 is 1.77 bits per heavy atom. The number of amides is 2. The van der Waals surface area contributed by atoms with E-state index in [0.717, 1.165) is 43.5 Å². The smallest absolute Gasteiger partial charge is 0.251 e. The molecule has 39 heavy (non-hydrogen) atoms. The number of hydrazine groups is 2. The van der Waals surface area contributed by atoms with Gasteiger partial charge in [0, 0.05) is 55.1 Å². The Kier molecular flexibility index (Phi) is 7.49. The maximum atomic E-state index is 13.6. The summed E-state index contributed by atoms with van der Waals surface area (Å²) >= 11 is 0. The Hall–Kier alpha value is -3.47. The van der Waals surface area contributed by atoms with Crippen LogP contribution in [0.5, 0.6) is 0 Å². The van der Waals surface area contributed by atoms with E-state index in [0.29, 0.717) is 49.1 Å². The number of nitrogens with zero attached hydrogens (tertiary/aromatic N) is 2. The molecule has 0 radical (unpaired) electrons. The van der Waals surface area contributed by atoms with Crippen molar-refractivity contribution in [3.8, 4) is 0 Å². The van der Waals surface area contributed by atoms with E-state index in [2.05, 4.69) is 26.9 Å². The highest BCUT2D eigenvalue weighted by molar-refractivity contribution is 5.97. The quantitative estimate of drug-likeness (QED) is 0.298. The van der Waals surface area contributed by atoms with Gasteiger partial charge >= 0.3 is 0 Å². The highest BCUT2D eigenvalue weighted by atomic mass is 19.1. The zero-order chi connectivity index (χ0) is 26.8. The molecule has 2 amide bonds. The molecule has 3 fully saturated rings. The van der Waals surface area contributed by atoms with Crippen LogP contribution in [0.1, 0.15) is 53.9 Å². The Morgan fingerprint density at radius 1 is 1.03 bits per heavy atom. The van der Waals surface area contributed by atoms with Crippen LogP contribution in [0.15, 0.2) is 60.9 Å². The maximum Gasteiger partial charge on any atom is 0.251 e. The average molecular weight is 534 g/mol. The molecule has 6 rings (SSSR count). The Morgan fingerprint density at radius 3 is 2.46 bits per heavy atom. The number of nitrogens with one attached hydrogen (secondary N) is 5. The van der Waals surface area contributed by atoms with Crippen molar-refractivity contribution in [3.05, 3.63) is 77.9 Å². The molecule has 3 heterocycles. The van der Waals surface area contributed by atoms with E-state index in [-0.39, 0.29) is 17.6 Å². The van der Waals surface area contributed by atoms with Crippen LogP contribution in [0, 0.1) is 5.82 Å². The molecule has 1 aliphatic carbocycles. The predicted octanol–water partition coefficient (Wildman–Crippen LogP) is 2.11. The highest BCUT2D eigenvalue weighted by Crippen LogP contribution is 2.40. The molecule has 4 aliphatic rings. The number of anilines is 1. The first kappa shape index (κ1) is 25.8. The van der Waals surface area contributed by atoms with E-state index in [1.165, 1.54) is 12.1 Å². The fourth-order valence-electron chi connectivity index (χ4n) is 5.97. The van der Waals surface area contributed by atoms with Gasteiger partial charge in [0.05, 0.1) is 5.69 Å². The third kappa shape index (κ3) is 6.08. The van der Waals surface area contributed by atoms with Crippen LogP contribution in [0.2, 0.25) is 0 Å². The molecule has 0 aromatic heterocycles. The summed E-state index contributed by atoms with van der Waals surface area (Å²) in [6.45, 7) is 2.15. The van der Waals surface area contributed by atoms with Gasteiger partial charge in [-0.2, -0.15) is 0 Å². The minimum atomic E-state index is -0.573. The number of benzene rings is 2. The minimum Gasteiger partial charge on any atom is -0.340 e. The van der Waals surface area contributed by atoms with E-state index < -0.39 is 6.04 Å². The summed E-state index contributed by atoms with van der Waals surface area (Å²) in [5.41, 5.74) is 8.42. The van der Waals surface area contributed by atoms with Crippen molar-refractivity contribution in [1.29, 1.82) is 0 Å². The summed E-state index contributed by atoms with van der Waals surface area (Å²) in [7, 11) is 0. The monoisotopic (exact) mass is 533 g/mol. The molecule has 2 saturated heterocycles. The number of hydrogen-bond donors (Lipinski definition) is 5. The average Bonchev–Trinajstić information content (AvgIpc) is 3.34. The number of carbonyl (C=O) groups excluding carboxylic acids is 2. The highest BCUT2D eigenvalue weighted by Gasteiger charge is 2.38. The van der Waals surface area contributed by atoms with Crippen molar-refractivity contribution in [2.75, 3.05) is 24.6 Å². The number of rotatable bonds is 10. The van der Waals surface area contributed by atoms with Crippen molar-refractivity contribution in [1.82, 2.24) is 31.8 Å². The van der Waals surface area contributed by atoms with Crippen molar-refractivity contribution >= 4 is 17.5 Å². The second kappa shape index (κ2) is 11.3. The number of carbonyl (C=O) groups is 2. The number of hydrogen-bond acceptors (Lipinski definition) is 7. The number of piperazine rings is 1. The van der Waals surface area contributed by atoms with Crippen molar-refractivity contribution < 1.29 is 14.0 Å². The lowest BCUT2D eigenvalue weighted by Crippen LogP contribution is -2.57. The molecule has 5 N–H and O–H groups in total. The molecule has 5 atom stereocenters. The van der Waals surface area contributed by atoms with Gasteiger partial charge in [-0.25, -0.2) is 4.39 Å². The topological polar surface area (TPSA) is 101 Å². The molecule has 9 nitrogen and oxygen atoms in total. The normalized spacial score (nSPS) is 25.9. The zero-order valence-corrected chi connectivity index (χ0v) is 21.9. The van der Waals surface area contributed by atoms with Gasteiger partial charge in [-0.3, -0.25) is 14.6 Å².